The maximum absolute atomic E-state index is 3.09. The summed E-state index contributed by atoms with van der Waals surface area (Å²) in [4.78, 5) is 0. The first-order chi connectivity index (χ1) is 9.47. The molecular formula is C17H36NPSi. The van der Waals surface area contributed by atoms with Crippen LogP contribution in [0.15, 0.2) is 0 Å². The smallest absolute Gasteiger partial charge is 0.0500 e. The van der Waals surface area contributed by atoms with Crippen LogP contribution in [0.4, 0.5) is 0 Å². The lowest BCUT2D eigenvalue weighted by molar-refractivity contribution is 0.178. The zero-order valence-electron chi connectivity index (χ0n) is 14.3. The predicted octanol–water partition coefficient (Wildman–Crippen LogP) is 5.86. The number of rotatable bonds is 5. The molecule has 0 aliphatic heterocycles. The number of hydrogen-bond acceptors (Lipinski definition) is 1. The normalized spacial score (nSPS) is 25.1. The van der Waals surface area contributed by atoms with E-state index in [4.69, 9.17) is 0 Å². The maximum atomic E-state index is 3.09. The van der Waals surface area contributed by atoms with E-state index in [0.29, 0.717) is 0 Å². The van der Waals surface area contributed by atoms with E-state index in [9.17, 15) is 0 Å². The Morgan fingerprint density at radius 2 is 1.20 bits per heavy atom. The Kier molecular flexibility index (Phi) is 6.57. The third kappa shape index (κ3) is 5.11. The van der Waals surface area contributed by atoms with Crippen molar-refractivity contribution < 1.29 is 0 Å². The highest BCUT2D eigenvalue weighted by Crippen LogP contribution is 2.47. The fourth-order valence-corrected chi connectivity index (χ4v) is 12.0. The van der Waals surface area contributed by atoms with Crippen LogP contribution in [0.3, 0.4) is 0 Å². The third-order valence-electron chi connectivity index (χ3n) is 5.00. The maximum Gasteiger partial charge on any atom is 0.0500 e. The van der Waals surface area contributed by atoms with E-state index < -0.39 is 8.07 Å². The Hall–Kier alpha value is 0.607. The Balaban J connectivity index is 2.05. The van der Waals surface area contributed by atoms with Crippen LogP contribution in [0.1, 0.15) is 64.2 Å². The van der Waals surface area contributed by atoms with Gasteiger partial charge in [0.25, 0.3) is 0 Å². The molecule has 2 saturated carbocycles. The molecule has 2 fully saturated rings. The lowest BCUT2D eigenvalue weighted by atomic mass is 9.91. The van der Waals surface area contributed by atoms with Crippen LogP contribution in [0.5, 0.6) is 0 Å². The molecule has 1 unspecified atom stereocenters. The van der Waals surface area contributed by atoms with Crippen molar-refractivity contribution in [1.82, 2.24) is 4.67 Å². The molecule has 0 spiro atoms. The second-order valence-corrected chi connectivity index (χ2v) is 16.5. The molecule has 0 amide bonds. The molecule has 2 aliphatic rings. The summed E-state index contributed by atoms with van der Waals surface area (Å²) in [6.07, 6.45) is 14.9. The molecule has 0 saturated heterocycles. The van der Waals surface area contributed by atoms with Crippen LogP contribution in [0.25, 0.3) is 0 Å². The van der Waals surface area contributed by atoms with Gasteiger partial charge in [-0.15, -0.1) is 0 Å². The van der Waals surface area contributed by atoms with E-state index in [0.717, 1.165) is 12.1 Å². The van der Waals surface area contributed by atoms with Gasteiger partial charge in [0.05, 0.1) is 8.07 Å². The second kappa shape index (κ2) is 7.74. The molecule has 1 nitrogen and oxygen atoms in total. The zero-order chi connectivity index (χ0) is 14.6. The van der Waals surface area contributed by atoms with Crippen LogP contribution in [-0.4, -0.2) is 37.3 Å². The van der Waals surface area contributed by atoms with E-state index >= 15 is 0 Å². The Morgan fingerprint density at radius 3 is 1.55 bits per heavy atom. The fourth-order valence-electron chi connectivity index (χ4n) is 4.31. The van der Waals surface area contributed by atoms with Crippen molar-refractivity contribution in [3.8, 4) is 0 Å². The van der Waals surface area contributed by atoms with Crippen molar-refractivity contribution in [3.05, 3.63) is 0 Å². The van der Waals surface area contributed by atoms with Gasteiger partial charge in [-0.2, -0.15) is 0 Å². The van der Waals surface area contributed by atoms with Gasteiger partial charge in [-0.25, -0.2) is 0 Å². The quantitative estimate of drug-likeness (QED) is 0.454. The predicted molar refractivity (Wildman–Crippen MR) is 96.6 cm³/mol. The Labute approximate surface area is 129 Å². The average Bonchev–Trinajstić information content (AvgIpc) is 2.39. The lowest BCUT2D eigenvalue weighted by Gasteiger charge is -2.46. The molecule has 0 aromatic heterocycles. The van der Waals surface area contributed by atoms with Crippen molar-refractivity contribution in [2.24, 2.45) is 0 Å². The molecule has 2 rings (SSSR count). The summed E-state index contributed by atoms with van der Waals surface area (Å²) < 4.78 is 3.09. The van der Waals surface area contributed by atoms with Crippen molar-refractivity contribution in [2.75, 3.05) is 12.5 Å². The highest BCUT2D eigenvalue weighted by molar-refractivity contribution is 7.57. The second-order valence-electron chi connectivity index (χ2n) is 8.34. The van der Waals surface area contributed by atoms with Crippen molar-refractivity contribution in [2.45, 2.75) is 95.9 Å². The van der Waals surface area contributed by atoms with E-state index in [1.54, 1.807) is 5.79 Å². The molecule has 1 atom stereocenters. The molecule has 0 bridgehead atoms. The van der Waals surface area contributed by atoms with Crippen LogP contribution in [0, 0.1) is 0 Å². The van der Waals surface area contributed by atoms with Crippen molar-refractivity contribution in [3.63, 3.8) is 0 Å². The summed E-state index contributed by atoms with van der Waals surface area (Å²) in [6, 6.07) is 1.89. The fraction of sp³-hybridized carbons (Fsp3) is 1.00. The SMILES string of the molecule is CP(C[Si](C)(C)C)N(C1CCCCC1)C1CCCCC1. The molecule has 0 N–H and O–H groups in total. The first kappa shape index (κ1) is 17.0. The molecule has 0 aromatic rings. The minimum Gasteiger partial charge on any atom is -0.276 e. The van der Waals surface area contributed by atoms with Crippen LogP contribution < -0.4 is 0 Å². The average molecular weight is 314 g/mol. The summed E-state index contributed by atoms with van der Waals surface area (Å²) in [5, 5.41) is 0. The van der Waals surface area contributed by atoms with Gasteiger partial charge in [0.1, 0.15) is 0 Å². The van der Waals surface area contributed by atoms with Gasteiger partial charge >= 0.3 is 0 Å². The summed E-state index contributed by atoms with van der Waals surface area (Å²) in [6.45, 7) is 10.3. The number of nitrogens with zero attached hydrogens (tertiary/aromatic N) is 1. The Bertz CT molecular complexity index is 259. The van der Waals surface area contributed by atoms with E-state index in [1.165, 1.54) is 64.2 Å². The monoisotopic (exact) mass is 313 g/mol. The first-order valence-corrected chi connectivity index (χ1v) is 14.6. The minimum atomic E-state index is -0.923. The van der Waals surface area contributed by atoms with Crippen LogP contribution in [0.2, 0.25) is 19.6 Å². The standard InChI is InChI=1S/C17H36NPSi/c1-19(15-20(2,3)4)18(16-11-7-5-8-12-16)17-13-9-6-10-14-17/h16-17H,5-15H2,1-4H3. The Morgan fingerprint density at radius 1 is 0.800 bits per heavy atom. The van der Waals surface area contributed by atoms with Gasteiger partial charge in [-0.3, -0.25) is 4.67 Å². The lowest BCUT2D eigenvalue weighted by Crippen LogP contribution is -2.43. The van der Waals surface area contributed by atoms with Gasteiger partial charge in [0, 0.05) is 12.1 Å². The molecule has 2 aliphatic carbocycles. The van der Waals surface area contributed by atoms with E-state index in [-0.39, 0.29) is 8.07 Å². The van der Waals surface area contributed by atoms with Gasteiger partial charge < -0.3 is 0 Å². The largest absolute Gasteiger partial charge is 0.276 e. The molecule has 20 heavy (non-hydrogen) atoms. The third-order valence-corrected chi connectivity index (χ3v) is 12.1. The summed E-state index contributed by atoms with van der Waals surface area (Å²) in [5.41, 5.74) is 0. The van der Waals surface area contributed by atoms with Gasteiger partial charge in [0.2, 0.25) is 0 Å². The highest BCUT2D eigenvalue weighted by atomic mass is 31.1. The van der Waals surface area contributed by atoms with Gasteiger partial charge in [-0.1, -0.05) is 58.2 Å². The van der Waals surface area contributed by atoms with Gasteiger partial charge in [0.15, 0.2) is 0 Å². The molecule has 0 heterocycles. The van der Waals surface area contributed by atoms with E-state index in [1.807, 2.05) is 0 Å². The van der Waals surface area contributed by atoms with Crippen molar-refractivity contribution >= 4 is 16.1 Å². The summed E-state index contributed by atoms with van der Waals surface area (Å²) in [7, 11) is -0.806. The molecular weight excluding hydrogens is 277 g/mol. The molecule has 0 radical (unpaired) electrons. The topological polar surface area (TPSA) is 3.24 Å². The van der Waals surface area contributed by atoms with Crippen molar-refractivity contribution in [1.29, 1.82) is 0 Å². The zero-order valence-corrected chi connectivity index (χ0v) is 16.2. The molecule has 3 heteroatoms. The minimum absolute atomic E-state index is 0.117. The van der Waals surface area contributed by atoms with Crippen LogP contribution in [-0.2, 0) is 0 Å². The van der Waals surface area contributed by atoms with E-state index in [2.05, 4.69) is 31.0 Å². The highest BCUT2D eigenvalue weighted by Gasteiger charge is 2.33. The van der Waals surface area contributed by atoms with Crippen LogP contribution >= 0.6 is 8.07 Å². The first-order valence-electron chi connectivity index (χ1n) is 8.97. The number of hydrogen-bond donors (Lipinski definition) is 0. The summed E-state index contributed by atoms with van der Waals surface area (Å²) in [5.74, 6) is 1.55. The molecule has 118 valence electrons. The van der Waals surface area contributed by atoms with Gasteiger partial charge in [-0.05, 0) is 46.2 Å². The molecule has 0 aromatic carbocycles. The summed E-state index contributed by atoms with van der Waals surface area (Å²) >= 11 is 0.